The first kappa shape index (κ1) is 18.6. The first-order valence-corrected chi connectivity index (χ1v) is 8.05. The van der Waals surface area contributed by atoms with E-state index in [-0.39, 0.29) is 17.5 Å². The van der Waals surface area contributed by atoms with Crippen LogP contribution in [0.3, 0.4) is 0 Å². The molecule has 3 N–H and O–H groups in total. The van der Waals surface area contributed by atoms with Crippen LogP contribution in [0.2, 0.25) is 0 Å². The summed E-state index contributed by atoms with van der Waals surface area (Å²) in [7, 11) is 1.81. The van der Waals surface area contributed by atoms with E-state index in [0.717, 1.165) is 5.56 Å². The van der Waals surface area contributed by atoms with Crippen molar-refractivity contribution >= 4 is 17.5 Å². The van der Waals surface area contributed by atoms with E-state index in [0.29, 0.717) is 17.8 Å². The standard InChI is InChI=1S/C19H22FN3O2/c1-12-7-6-9-15(18(24)22-11-13(2)21-3)17(12)23-19(25)14-8-4-5-10-16(14)20/h4-10,13,21H,11H2,1-3H3,(H,22,24)(H,23,25). The Labute approximate surface area is 146 Å². The lowest BCUT2D eigenvalue weighted by Gasteiger charge is -2.16. The zero-order valence-electron chi connectivity index (χ0n) is 14.5. The van der Waals surface area contributed by atoms with Gasteiger partial charge in [0, 0.05) is 12.6 Å². The van der Waals surface area contributed by atoms with Crippen LogP contribution in [0.1, 0.15) is 33.2 Å². The molecule has 25 heavy (non-hydrogen) atoms. The van der Waals surface area contributed by atoms with Crippen molar-refractivity contribution < 1.29 is 14.0 Å². The highest BCUT2D eigenvalue weighted by Crippen LogP contribution is 2.22. The highest BCUT2D eigenvalue weighted by Gasteiger charge is 2.18. The molecule has 2 amide bonds. The molecule has 0 aliphatic heterocycles. The van der Waals surface area contributed by atoms with Gasteiger partial charge < -0.3 is 16.0 Å². The summed E-state index contributed by atoms with van der Waals surface area (Å²) in [6.45, 7) is 4.17. The topological polar surface area (TPSA) is 70.2 Å². The maximum atomic E-state index is 13.8. The van der Waals surface area contributed by atoms with Crippen LogP contribution in [0.25, 0.3) is 0 Å². The monoisotopic (exact) mass is 343 g/mol. The average Bonchev–Trinajstić information content (AvgIpc) is 2.61. The van der Waals surface area contributed by atoms with Crippen LogP contribution in [0.15, 0.2) is 42.5 Å². The lowest BCUT2D eigenvalue weighted by molar-refractivity contribution is 0.0951. The first-order chi connectivity index (χ1) is 11.9. The van der Waals surface area contributed by atoms with Crippen molar-refractivity contribution in [3.63, 3.8) is 0 Å². The molecule has 0 aliphatic rings. The van der Waals surface area contributed by atoms with Gasteiger partial charge in [0.1, 0.15) is 5.82 Å². The van der Waals surface area contributed by atoms with Gasteiger partial charge in [-0.1, -0.05) is 24.3 Å². The molecule has 2 aromatic rings. The number of hydrogen-bond donors (Lipinski definition) is 3. The zero-order valence-corrected chi connectivity index (χ0v) is 14.5. The summed E-state index contributed by atoms with van der Waals surface area (Å²) in [6, 6.07) is 11.0. The van der Waals surface area contributed by atoms with Gasteiger partial charge in [-0.25, -0.2) is 4.39 Å². The molecule has 132 valence electrons. The maximum Gasteiger partial charge on any atom is 0.258 e. The zero-order chi connectivity index (χ0) is 18.4. The molecule has 6 heteroatoms. The van der Waals surface area contributed by atoms with E-state index in [4.69, 9.17) is 0 Å². The van der Waals surface area contributed by atoms with Gasteiger partial charge in [0.15, 0.2) is 0 Å². The van der Waals surface area contributed by atoms with Crippen LogP contribution < -0.4 is 16.0 Å². The predicted molar refractivity (Wildman–Crippen MR) is 96.4 cm³/mol. The minimum atomic E-state index is -0.609. The largest absolute Gasteiger partial charge is 0.350 e. The minimum absolute atomic E-state index is 0.0686. The van der Waals surface area contributed by atoms with Gasteiger partial charge in [0.2, 0.25) is 0 Å². The van der Waals surface area contributed by atoms with Crippen molar-refractivity contribution in [1.29, 1.82) is 0 Å². The van der Waals surface area contributed by atoms with Crippen molar-refractivity contribution in [3.05, 3.63) is 65.0 Å². The third-order valence-electron chi connectivity index (χ3n) is 3.94. The van der Waals surface area contributed by atoms with Gasteiger partial charge in [-0.15, -0.1) is 0 Å². The van der Waals surface area contributed by atoms with Crippen LogP contribution in [-0.2, 0) is 0 Å². The van der Waals surface area contributed by atoms with Crippen LogP contribution >= 0.6 is 0 Å². The summed E-state index contributed by atoms with van der Waals surface area (Å²) >= 11 is 0. The number of benzene rings is 2. The maximum absolute atomic E-state index is 13.8. The molecule has 0 fully saturated rings. The number of carbonyl (C=O) groups is 2. The molecule has 0 spiro atoms. The number of amides is 2. The predicted octanol–water partition coefficient (Wildman–Crippen LogP) is 2.72. The summed E-state index contributed by atoms with van der Waals surface area (Å²) < 4.78 is 13.8. The summed E-state index contributed by atoms with van der Waals surface area (Å²) in [5, 5.41) is 8.51. The Bertz CT molecular complexity index is 777. The molecule has 0 aliphatic carbocycles. The number of aryl methyl sites for hydroxylation is 1. The molecule has 2 aromatic carbocycles. The second-order valence-electron chi connectivity index (χ2n) is 5.83. The first-order valence-electron chi connectivity index (χ1n) is 8.05. The molecule has 0 bridgehead atoms. The lowest BCUT2D eigenvalue weighted by atomic mass is 10.1. The molecule has 0 saturated carbocycles. The molecule has 0 saturated heterocycles. The van der Waals surface area contributed by atoms with E-state index in [1.807, 2.05) is 14.0 Å². The molecular formula is C19H22FN3O2. The Morgan fingerprint density at radius 1 is 1.04 bits per heavy atom. The normalized spacial score (nSPS) is 11.7. The second kappa shape index (κ2) is 8.39. The number of rotatable bonds is 6. The van der Waals surface area contributed by atoms with Gasteiger partial charge in [-0.3, -0.25) is 9.59 Å². The molecule has 0 radical (unpaired) electrons. The number of carbonyl (C=O) groups excluding carboxylic acids is 2. The van der Waals surface area contributed by atoms with Gasteiger partial charge in [-0.2, -0.15) is 0 Å². The van der Waals surface area contributed by atoms with Crippen LogP contribution in [0, 0.1) is 12.7 Å². The molecule has 1 unspecified atom stereocenters. The Hall–Kier alpha value is -2.73. The van der Waals surface area contributed by atoms with E-state index in [1.54, 1.807) is 31.2 Å². The summed E-state index contributed by atoms with van der Waals surface area (Å²) in [5.41, 5.74) is 1.37. The number of likely N-dealkylation sites (N-methyl/N-ethyl adjacent to an activating group) is 1. The van der Waals surface area contributed by atoms with Crippen molar-refractivity contribution in [2.75, 3.05) is 18.9 Å². The molecule has 0 heterocycles. The van der Waals surface area contributed by atoms with Gasteiger partial charge in [0.25, 0.3) is 11.8 Å². The molecular weight excluding hydrogens is 321 g/mol. The van der Waals surface area contributed by atoms with E-state index in [9.17, 15) is 14.0 Å². The van der Waals surface area contributed by atoms with Gasteiger partial charge in [0.05, 0.1) is 16.8 Å². The molecule has 0 aromatic heterocycles. The number of halogens is 1. The fraction of sp³-hybridized carbons (Fsp3) is 0.263. The Kier molecular flexibility index (Phi) is 6.25. The minimum Gasteiger partial charge on any atom is -0.350 e. The van der Waals surface area contributed by atoms with Gasteiger partial charge in [-0.05, 0) is 44.7 Å². The van der Waals surface area contributed by atoms with Crippen molar-refractivity contribution in [3.8, 4) is 0 Å². The smallest absolute Gasteiger partial charge is 0.258 e. The lowest BCUT2D eigenvalue weighted by Crippen LogP contribution is -2.37. The van der Waals surface area contributed by atoms with Crippen molar-refractivity contribution in [2.45, 2.75) is 19.9 Å². The van der Waals surface area contributed by atoms with Crippen LogP contribution in [0.5, 0.6) is 0 Å². The van der Waals surface area contributed by atoms with E-state index < -0.39 is 11.7 Å². The second-order valence-corrected chi connectivity index (χ2v) is 5.83. The van der Waals surface area contributed by atoms with Crippen LogP contribution in [-0.4, -0.2) is 31.4 Å². The molecule has 5 nitrogen and oxygen atoms in total. The quantitative estimate of drug-likeness (QED) is 0.755. The third kappa shape index (κ3) is 4.64. The number of para-hydroxylation sites is 1. The van der Waals surface area contributed by atoms with Gasteiger partial charge >= 0.3 is 0 Å². The highest BCUT2D eigenvalue weighted by molar-refractivity contribution is 6.09. The fourth-order valence-corrected chi connectivity index (χ4v) is 2.29. The Balaban J connectivity index is 2.24. The Morgan fingerprint density at radius 3 is 2.40 bits per heavy atom. The highest BCUT2D eigenvalue weighted by atomic mass is 19.1. The summed E-state index contributed by atoms with van der Waals surface area (Å²) in [6.07, 6.45) is 0. The van der Waals surface area contributed by atoms with Crippen molar-refractivity contribution in [2.24, 2.45) is 0 Å². The van der Waals surface area contributed by atoms with E-state index in [1.165, 1.54) is 18.2 Å². The number of anilines is 1. The van der Waals surface area contributed by atoms with E-state index in [2.05, 4.69) is 16.0 Å². The number of hydrogen-bond acceptors (Lipinski definition) is 3. The average molecular weight is 343 g/mol. The van der Waals surface area contributed by atoms with Crippen molar-refractivity contribution in [1.82, 2.24) is 10.6 Å². The van der Waals surface area contributed by atoms with E-state index >= 15 is 0 Å². The number of nitrogens with one attached hydrogen (secondary N) is 3. The molecule has 2 rings (SSSR count). The SMILES string of the molecule is CNC(C)CNC(=O)c1cccc(C)c1NC(=O)c1ccccc1F. The third-order valence-corrected chi connectivity index (χ3v) is 3.94. The Morgan fingerprint density at radius 2 is 1.72 bits per heavy atom. The van der Waals surface area contributed by atoms with Crippen LogP contribution in [0.4, 0.5) is 10.1 Å². The molecule has 1 atom stereocenters. The fourth-order valence-electron chi connectivity index (χ4n) is 2.29. The summed E-state index contributed by atoms with van der Waals surface area (Å²) in [4.78, 5) is 24.8. The summed E-state index contributed by atoms with van der Waals surface area (Å²) in [5.74, 6) is -1.50.